The standard InChI is InChI=1S/C11H19N3/c1-4-9(2)14(3)11-5-6-13-8-10(11)7-12/h5-6,8-9H,4,7,12H2,1-3H3. The number of pyridine rings is 1. The van der Waals surface area contributed by atoms with Gasteiger partial charge in [0, 0.05) is 43.3 Å². The first-order valence-electron chi connectivity index (χ1n) is 5.06. The van der Waals surface area contributed by atoms with Gasteiger partial charge >= 0.3 is 0 Å². The number of nitrogens with zero attached hydrogens (tertiary/aromatic N) is 2. The van der Waals surface area contributed by atoms with Crippen molar-refractivity contribution >= 4 is 5.69 Å². The molecule has 0 aromatic carbocycles. The van der Waals surface area contributed by atoms with Crippen molar-refractivity contribution in [2.75, 3.05) is 11.9 Å². The normalized spacial score (nSPS) is 12.6. The number of hydrogen-bond donors (Lipinski definition) is 1. The Kier molecular flexibility index (Phi) is 3.89. The smallest absolute Gasteiger partial charge is 0.0442 e. The Bertz CT molecular complexity index is 286. The van der Waals surface area contributed by atoms with E-state index >= 15 is 0 Å². The summed E-state index contributed by atoms with van der Waals surface area (Å²) < 4.78 is 0. The maximum Gasteiger partial charge on any atom is 0.0442 e. The van der Waals surface area contributed by atoms with Gasteiger partial charge in [-0.1, -0.05) is 6.92 Å². The average molecular weight is 193 g/mol. The molecule has 3 nitrogen and oxygen atoms in total. The molecule has 0 amide bonds. The highest BCUT2D eigenvalue weighted by molar-refractivity contribution is 5.52. The lowest BCUT2D eigenvalue weighted by atomic mass is 10.1. The van der Waals surface area contributed by atoms with Crippen molar-refractivity contribution in [3.05, 3.63) is 24.0 Å². The third kappa shape index (κ3) is 2.23. The molecule has 0 aliphatic heterocycles. The minimum atomic E-state index is 0.530. The molecule has 0 saturated heterocycles. The van der Waals surface area contributed by atoms with Gasteiger partial charge < -0.3 is 10.6 Å². The topological polar surface area (TPSA) is 42.2 Å². The predicted octanol–water partition coefficient (Wildman–Crippen LogP) is 1.77. The van der Waals surface area contributed by atoms with Crippen molar-refractivity contribution in [2.45, 2.75) is 32.9 Å². The molecule has 1 atom stereocenters. The van der Waals surface area contributed by atoms with Crippen LogP contribution >= 0.6 is 0 Å². The number of anilines is 1. The van der Waals surface area contributed by atoms with E-state index in [1.807, 2.05) is 18.5 Å². The maximum atomic E-state index is 5.66. The van der Waals surface area contributed by atoms with Crippen LogP contribution in [0.2, 0.25) is 0 Å². The fourth-order valence-corrected chi connectivity index (χ4v) is 1.43. The molecular formula is C11H19N3. The third-order valence-electron chi connectivity index (χ3n) is 2.73. The molecule has 0 radical (unpaired) electrons. The first-order valence-corrected chi connectivity index (χ1v) is 5.06. The first kappa shape index (κ1) is 11.0. The molecule has 0 aliphatic carbocycles. The van der Waals surface area contributed by atoms with E-state index in [0.29, 0.717) is 12.6 Å². The van der Waals surface area contributed by atoms with Crippen LogP contribution in [0, 0.1) is 0 Å². The largest absolute Gasteiger partial charge is 0.372 e. The SMILES string of the molecule is CCC(C)N(C)c1ccncc1CN. The summed E-state index contributed by atoms with van der Waals surface area (Å²) in [5.41, 5.74) is 7.96. The first-order chi connectivity index (χ1) is 6.70. The molecule has 0 bridgehead atoms. The Morgan fingerprint density at radius 1 is 1.57 bits per heavy atom. The summed E-state index contributed by atoms with van der Waals surface area (Å²) in [5, 5.41) is 0. The van der Waals surface area contributed by atoms with E-state index in [-0.39, 0.29) is 0 Å². The molecule has 0 aliphatic rings. The van der Waals surface area contributed by atoms with Gasteiger partial charge in [0.2, 0.25) is 0 Å². The quantitative estimate of drug-likeness (QED) is 0.792. The van der Waals surface area contributed by atoms with Crippen LogP contribution in [0.5, 0.6) is 0 Å². The van der Waals surface area contributed by atoms with E-state index in [2.05, 4.69) is 30.8 Å². The summed E-state index contributed by atoms with van der Waals surface area (Å²) in [6.45, 7) is 4.94. The zero-order valence-corrected chi connectivity index (χ0v) is 9.20. The number of nitrogens with two attached hydrogens (primary N) is 1. The number of rotatable bonds is 4. The van der Waals surface area contributed by atoms with E-state index in [0.717, 1.165) is 12.0 Å². The second-order valence-corrected chi connectivity index (χ2v) is 3.58. The molecule has 14 heavy (non-hydrogen) atoms. The van der Waals surface area contributed by atoms with Crippen molar-refractivity contribution in [1.29, 1.82) is 0 Å². The van der Waals surface area contributed by atoms with Gasteiger partial charge in [0.15, 0.2) is 0 Å². The lowest BCUT2D eigenvalue weighted by Gasteiger charge is -2.27. The summed E-state index contributed by atoms with van der Waals surface area (Å²) in [6.07, 6.45) is 4.78. The fourth-order valence-electron chi connectivity index (χ4n) is 1.43. The zero-order valence-electron chi connectivity index (χ0n) is 9.20. The molecule has 2 N–H and O–H groups in total. The van der Waals surface area contributed by atoms with Crippen LogP contribution in [0.1, 0.15) is 25.8 Å². The molecule has 1 rings (SSSR count). The summed E-state index contributed by atoms with van der Waals surface area (Å²) >= 11 is 0. The van der Waals surface area contributed by atoms with Gasteiger partial charge in [-0.05, 0) is 19.4 Å². The van der Waals surface area contributed by atoms with Crippen LogP contribution in [0.4, 0.5) is 5.69 Å². The minimum absolute atomic E-state index is 0.530. The van der Waals surface area contributed by atoms with Gasteiger partial charge in [-0.3, -0.25) is 4.98 Å². The molecule has 1 aromatic rings. The molecule has 0 fully saturated rings. The highest BCUT2D eigenvalue weighted by Crippen LogP contribution is 2.20. The van der Waals surface area contributed by atoms with E-state index in [1.54, 1.807) is 0 Å². The van der Waals surface area contributed by atoms with Crippen LogP contribution in [0.3, 0.4) is 0 Å². The van der Waals surface area contributed by atoms with Crippen molar-refractivity contribution in [1.82, 2.24) is 4.98 Å². The van der Waals surface area contributed by atoms with E-state index in [1.165, 1.54) is 5.69 Å². The van der Waals surface area contributed by atoms with Crippen LogP contribution in [-0.2, 0) is 6.54 Å². The Morgan fingerprint density at radius 3 is 2.86 bits per heavy atom. The molecule has 1 heterocycles. The Labute approximate surface area is 85.9 Å². The molecule has 1 aromatic heterocycles. The fraction of sp³-hybridized carbons (Fsp3) is 0.545. The van der Waals surface area contributed by atoms with Crippen LogP contribution < -0.4 is 10.6 Å². The summed E-state index contributed by atoms with van der Waals surface area (Å²) in [4.78, 5) is 6.33. The molecule has 1 unspecified atom stereocenters. The van der Waals surface area contributed by atoms with E-state index in [9.17, 15) is 0 Å². The molecule has 78 valence electrons. The van der Waals surface area contributed by atoms with E-state index in [4.69, 9.17) is 5.73 Å². The van der Waals surface area contributed by atoms with Crippen molar-refractivity contribution < 1.29 is 0 Å². The zero-order chi connectivity index (χ0) is 10.6. The lowest BCUT2D eigenvalue weighted by molar-refractivity contribution is 0.660. The minimum Gasteiger partial charge on any atom is -0.372 e. The molecular weight excluding hydrogens is 174 g/mol. The monoisotopic (exact) mass is 193 g/mol. The average Bonchev–Trinajstić information content (AvgIpc) is 2.26. The van der Waals surface area contributed by atoms with Gasteiger partial charge in [-0.15, -0.1) is 0 Å². The Balaban J connectivity index is 2.93. The number of aromatic nitrogens is 1. The third-order valence-corrected chi connectivity index (χ3v) is 2.73. The summed E-state index contributed by atoms with van der Waals surface area (Å²) in [5.74, 6) is 0. The summed E-state index contributed by atoms with van der Waals surface area (Å²) in [6, 6.07) is 2.55. The molecule has 0 saturated carbocycles. The Hall–Kier alpha value is -1.09. The van der Waals surface area contributed by atoms with Crippen LogP contribution in [-0.4, -0.2) is 18.1 Å². The summed E-state index contributed by atoms with van der Waals surface area (Å²) in [7, 11) is 2.10. The van der Waals surface area contributed by atoms with Crippen molar-refractivity contribution in [3.8, 4) is 0 Å². The lowest BCUT2D eigenvalue weighted by Crippen LogP contribution is -2.29. The Morgan fingerprint density at radius 2 is 2.29 bits per heavy atom. The van der Waals surface area contributed by atoms with Gasteiger partial charge in [-0.25, -0.2) is 0 Å². The number of hydrogen-bond acceptors (Lipinski definition) is 3. The van der Waals surface area contributed by atoms with Crippen LogP contribution in [0.15, 0.2) is 18.5 Å². The molecule has 0 spiro atoms. The highest BCUT2D eigenvalue weighted by Gasteiger charge is 2.10. The second-order valence-electron chi connectivity index (χ2n) is 3.58. The predicted molar refractivity (Wildman–Crippen MR) is 60.3 cm³/mol. The second kappa shape index (κ2) is 4.96. The molecule has 3 heteroatoms. The maximum absolute atomic E-state index is 5.66. The van der Waals surface area contributed by atoms with Gasteiger partial charge in [0.1, 0.15) is 0 Å². The van der Waals surface area contributed by atoms with Crippen LogP contribution in [0.25, 0.3) is 0 Å². The van der Waals surface area contributed by atoms with Gasteiger partial charge in [0.05, 0.1) is 0 Å². The van der Waals surface area contributed by atoms with Gasteiger partial charge in [0.25, 0.3) is 0 Å². The highest BCUT2D eigenvalue weighted by atomic mass is 15.1. The van der Waals surface area contributed by atoms with E-state index < -0.39 is 0 Å². The van der Waals surface area contributed by atoms with Crippen molar-refractivity contribution in [3.63, 3.8) is 0 Å². The van der Waals surface area contributed by atoms with Crippen molar-refractivity contribution in [2.24, 2.45) is 5.73 Å². The van der Waals surface area contributed by atoms with Gasteiger partial charge in [-0.2, -0.15) is 0 Å².